The van der Waals surface area contributed by atoms with Crippen LogP contribution in [0.25, 0.3) is 0 Å². The van der Waals surface area contributed by atoms with E-state index in [1.54, 1.807) is 0 Å². The van der Waals surface area contributed by atoms with E-state index in [9.17, 15) is 4.79 Å². The van der Waals surface area contributed by atoms with E-state index >= 15 is 0 Å². The average molecular weight is 533 g/mol. The number of carbonyl (C=O) groups is 1. The van der Waals surface area contributed by atoms with Crippen molar-refractivity contribution in [3.05, 3.63) is 0 Å². The molecule has 0 rings (SSSR count). The molecule has 0 radical (unpaired) electrons. The summed E-state index contributed by atoms with van der Waals surface area (Å²) in [5.74, 6) is 0.275. The molecule has 0 heterocycles. The Kier molecular flexibility index (Phi) is 22.8. The summed E-state index contributed by atoms with van der Waals surface area (Å²) < 4.78 is 0. The van der Waals surface area contributed by atoms with Crippen molar-refractivity contribution in [3.63, 3.8) is 0 Å². The molecule has 0 aliphatic rings. The van der Waals surface area contributed by atoms with Crippen molar-refractivity contribution < 1.29 is 15.3 Å². The molecule has 0 bridgehead atoms. The van der Waals surface area contributed by atoms with Crippen LogP contribution in [0.3, 0.4) is 0 Å². The molecule has 5 nitrogen and oxygen atoms in total. The molecule has 218 valence electrons. The summed E-state index contributed by atoms with van der Waals surface area (Å²) in [4.78, 5) is 13.7. The van der Waals surface area contributed by atoms with E-state index in [1.807, 2.05) is 0 Å². The molecule has 0 saturated heterocycles. The smallest absolute Gasteiger partial charge is 0.226 e. The standard InChI is InChI=1S/C30H63N2OP.H2O2/c1-9-11-13-15-17-19-21-23-30(8,24-22-20-18-16-14-12-10-2)27(33)31-29(6,7)25-28(4,5)26(3)32-34;1-2/h26,32H,9-25,34H2,1-8H3,(H,31,33);1-2H. The summed E-state index contributed by atoms with van der Waals surface area (Å²) in [5.41, 5.74) is -0.386. The zero-order valence-electron chi connectivity index (χ0n) is 25.5. The van der Waals surface area contributed by atoms with Crippen molar-refractivity contribution in [2.24, 2.45) is 10.8 Å². The van der Waals surface area contributed by atoms with Gasteiger partial charge in [-0.1, -0.05) is 134 Å². The van der Waals surface area contributed by atoms with Crippen LogP contribution >= 0.6 is 9.39 Å². The fourth-order valence-corrected chi connectivity index (χ4v) is 5.77. The van der Waals surface area contributed by atoms with Crippen LogP contribution in [0.2, 0.25) is 0 Å². The molecule has 2 unspecified atom stereocenters. The van der Waals surface area contributed by atoms with Gasteiger partial charge < -0.3 is 5.32 Å². The van der Waals surface area contributed by atoms with Crippen molar-refractivity contribution in [1.29, 1.82) is 0 Å². The molecule has 1 amide bonds. The summed E-state index contributed by atoms with van der Waals surface area (Å²) in [6.07, 6.45) is 21.2. The largest absolute Gasteiger partial charge is 0.351 e. The summed E-state index contributed by atoms with van der Waals surface area (Å²) in [5, 5.41) is 18.8. The lowest BCUT2D eigenvalue weighted by Gasteiger charge is -2.41. The number of carbonyl (C=O) groups excluding carboxylic acids is 1. The molecule has 0 aliphatic heterocycles. The molecular formula is C30H65N2O3P. The normalized spacial score (nSPS) is 13.2. The SMILES string of the molecule is CCCCCCCCCC(C)(CCCCCCCCC)C(=O)NC(C)(C)CC(C)(C)C(C)NP.OO. The third kappa shape index (κ3) is 18.1. The second-order valence-electron chi connectivity index (χ2n) is 12.7. The van der Waals surface area contributed by atoms with E-state index < -0.39 is 0 Å². The number of amides is 1. The first-order chi connectivity index (χ1) is 16.9. The average Bonchev–Trinajstić information content (AvgIpc) is 2.82. The molecule has 0 fully saturated rings. The first-order valence-corrected chi connectivity index (χ1v) is 15.5. The molecule has 4 N–H and O–H groups in total. The zero-order valence-corrected chi connectivity index (χ0v) is 26.6. The molecule has 0 aromatic carbocycles. The molecule has 0 spiro atoms. The van der Waals surface area contributed by atoms with E-state index in [1.165, 1.54) is 89.9 Å². The molecule has 0 aliphatic carbocycles. The molecule has 0 aromatic rings. The lowest BCUT2D eigenvalue weighted by Crippen LogP contribution is -2.53. The Labute approximate surface area is 227 Å². The highest BCUT2D eigenvalue weighted by atomic mass is 31.0. The number of hydrogen-bond donors (Lipinski definition) is 4. The van der Waals surface area contributed by atoms with E-state index in [4.69, 9.17) is 10.5 Å². The van der Waals surface area contributed by atoms with Gasteiger partial charge >= 0.3 is 0 Å². The van der Waals surface area contributed by atoms with Crippen LogP contribution in [0.5, 0.6) is 0 Å². The third-order valence-corrected chi connectivity index (χ3v) is 8.48. The van der Waals surface area contributed by atoms with Crippen LogP contribution < -0.4 is 10.4 Å². The summed E-state index contributed by atoms with van der Waals surface area (Å²) >= 11 is 0. The Morgan fingerprint density at radius 3 is 1.44 bits per heavy atom. The fraction of sp³-hybridized carbons (Fsp3) is 0.967. The Hall–Kier alpha value is -0.220. The Morgan fingerprint density at radius 1 is 0.722 bits per heavy atom. The summed E-state index contributed by atoms with van der Waals surface area (Å²) in [7, 11) is 2.64. The van der Waals surface area contributed by atoms with Gasteiger partial charge in [-0.3, -0.25) is 20.4 Å². The second-order valence-corrected chi connectivity index (χ2v) is 13.0. The van der Waals surface area contributed by atoms with Crippen molar-refractivity contribution in [3.8, 4) is 0 Å². The van der Waals surface area contributed by atoms with Gasteiger partial charge in [-0.25, -0.2) is 0 Å². The zero-order chi connectivity index (χ0) is 28.1. The minimum atomic E-state index is -0.251. The first-order valence-electron chi connectivity index (χ1n) is 14.9. The molecule has 0 aromatic heterocycles. The van der Waals surface area contributed by atoms with Gasteiger partial charge in [0.15, 0.2) is 0 Å². The predicted molar refractivity (Wildman–Crippen MR) is 162 cm³/mol. The molecular weight excluding hydrogens is 467 g/mol. The van der Waals surface area contributed by atoms with Gasteiger partial charge in [-0.05, 0) is 45.4 Å². The van der Waals surface area contributed by atoms with Gasteiger partial charge in [-0.2, -0.15) is 0 Å². The van der Waals surface area contributed by atoms with Crippen molar-refractivity contribution in [2.45, 2.75) is 176 Å². The molecule has 2 atom stereocenters. The van der Waals surface area contributed by atoms with Gasteiger partial charge in [0, 0.05) is 17.0 Å². The molecule has 0 saturated carbocycles. The number of unbranched alkanes of at least 4 members (excludes halogenated alkanes) is 12. The van der Waals surface area contributed by atoms with Gasteiger partial charge in [0.1, 0.15) is 0 Å². The number of hydrogen-bond acceptors (Lipinski definition) is 4. The van der Waals surface area contributed by atoms with Crippen LogP contribution in [0, 0.1) is 10.8 Å². The lowest BCUT2D eigenvalue weighted by atomic mass is 9.74. The van der Waals surface area contributed by atoms with Crippen LogP contribution in [-0.2, 0) is 4.79 Å². The van der Waals surface area contributed by atoms with Crippen molar-refractivity contribution in [2.75, 3.05) is 0 Å². The molecule has 6 heteroatoms. The van der Waals surface area contributed by atoms with Crippen LogP contribution in [-0.4, -0.2) is 28.0 Å². The summed E-state index contributed by atoms with van der Waals surface area (Å²) in [6.45, 7) is 18.0. The highest BCUT2D eigenvalue weighted by Gasteiger charge is 2.38. The van der Waals surface area contributed by atoms with Gasteiger partial charge in [0.2, 0.25) is 5.91 Å². The Morgan fingerprint density at radius 2 is 1.08 bits per heavy atom. The topological polar surface area (TPSA) is 81.6 Å². The van der Waals surface area contributed by atoms with Crippen LogP contribution in [0.4, 0.5) is 0 Å². The summed E-state index contributed by atoms with van der Waals surface area (Å²) in [6, 6.07) is 0.362. The Bertz CT molecular complexity index is 508. The quantitative estimate of drug-likeness (QED) is 0.0484. The minimum absolute atomic E-state index is 0.0892. The number of nitrogens with one attached hydrogen (secondary N) is 2. The van der Waals surface area contributed by atoms with Gasteiger partial charge in [-0.15, -0.1) is 0 Å². The van der Waals surface area contributed by atoms with Crippen LogP contribution in [0.1, 0.15) is 165 Å². The molecule has 36 heavy (non-hydrogen) atoms. The predicted octanol–water partition coefficient (Wildman–Crippen LogP) is 9.37. The van der Waals surface area contributed by atoms with E-state index in [-0.39, 0.29) is 22.3 Å². The highest BCUT2D eigenvalue weighted by molar-refractivity contribution is 7.13. The van der Waals surface area contributed by atoms with E-state index in [0.29, 0.717) is 6.04 Å². The lowest BCUT2D eigenvalue weighted by molar-refractivity contribution is -0.176. The maximum atomic E-state index is 13.7. The Balaban J connectivity index is 0. The van der Waals surface area contributed by atoms with Gasteiger partial charge in [0.05, 0.1) is 0 Å². The maximum Gasteiger partial charge on any atom is 0.226 e. The maximum absolute atomic E-state index is 13.7. The van der Waals surface area contributed by atoms with Gasteiger partial charge in [0.25, 0.3) is 0 Å². The third-order valence-electron chi connectivity index (χ3n) is 7.98. The van der Waals surface area contributed by atoms with Crippen LogP contribution in [0.15, 0.2) is 0 Å². The first kappa shape index (κ1) is 37.9. The van der Waals surface area contributed by atoms with Crippen molar-refractivity contribution in [1.82, 2.24) is 10.4 Å². The highest BCUT2D eigenvalue weighted by Crippen LogP contribution is 2.35. The van der Waals surface area contributed by atoms with E-state index in [2.05, 4.69) is 75.2 Å². The monoisotopic (exact) mass is 532 g/mol. The van der Waals surface area contributed by atoms with Crippen molar-refractivity contribution >= 4 is 15.3 Å². The minimum Gasteiger partial charge on any atom is -0.351 e. The fourth-order valence-electron chi connectivity index (χ4n) is 5.32. The number of rotatable bonds is 22. The van der Waals surface area contributed by atoms with E-state index in [0.717, 1.165) is 19.3 Å². The second kappa shape index (κ2) is 21.7.